The molecular formula is C21H24ClN3O2. The van der Waals surface area contributed by atoms with Gasteiger partial charge in [0.2, 0.25) is 0 Å². The predicted molar refractivity (Wildman–Crippen MR) is 108 cm³/mol. The highest BCUT2D eigenvalue weighted by Crippen LogP contribution is 2.17. The molecule has 3 aromatic rings. The summed E-state index contributed by atoms with van der Waals surface area (Å²) in [5.74, 6) is 1.47. The summed E-state index contributed by atoms with van der Waals surface area (Å²) in [6.45, 7) is 3.63. The molecule has 142 valence electrons. The number of nitrogens with zero attached hydrogens (tertiary/aromatic N) is 2. The van der Waals surface area contributed by atoms with E-state index in [1.165, 1.54) is 0 Å². The Balaban J connectivity index is 1.53. The Morgan fingerprint density at radius 1 is 1.19 bits per heavy atom. The summed E-state index contributed by atoms with van der Waals surface area (Å²) in [5.41, 5.74) is 2.15. The molecule has 0 aliphatic rings. The van der Waals surface area contributed by atoms with Gasteiger partial charge >= 0.3 is 0 Å². The Morgan fingerprint density at radius 2 is 1.96 bits per heavy atom. The monoisotopic (exact) mass is 385 g/mol. The molecule has 27 heavy (non-hydrogen) atoms. The fraction of sp³-hybridized carbons (Fsp3) is 0.333. The Hall–Kier alpha value is -2.53. The first-order valence-corrected chi connectivity index (χ1v) is 9.64. The number of nitrogens with one attached hydrogen (secondary N) is 1. The summed E-state index contributed by atoms with van der Waals surface area (Å²) in [6, 6.07) is 15.1. The number of carbonyl (C=O) groups is 1. The summed E-state index contributed by atoms with van der Waals surface area (Å²) in [5, 5.41) is 3.53. The second-order valence-corrected chi connectivity index (χ2v) is 6.80. The smallest absolute Gasteiger partial charge is 0.257 e. The number of ether oxygens (including phenoxy) is 1. The van der Waals surface area contributed by atoms with Crippen molar-refractivity contribution in [1.82, 2.24) is 14.9 Å². The van der Waals surface area contributed by atoms with Crippen LogP contribution in [0.2, 0.25) is 5.02 Å². The molecule has 6 heteroatoms. The van der Waals surface area contributed by atoms with E-state index in [0.29, 0.717) is 23.7 Å². The molecule has 1 aromatic heterocycles. The molecule has 0 unspecified atom stereocenters. The van der Waals surface area contributed by atoms with Crippen molar-refractivity contribution in [2.24, 2.45) is 0 Å². The Bertz CT molecular complexity index is 890. The summed E-state index contributed by atoms with van der Waals surface area (Å²) < 4.78 is 7.72. The molecule has 1 amide bonds. The minimum atomic E-state index is -0.152. The molecule has 5 nitrogen and oxygen atoms in total. The first-order valence-electron chi connectivity index (χ1n) is 9.26. The number of benzene rings is 2. The number of amides is 1. The summed E-state index contributed by atoms with van der Waals surface area (Å²) >= 11 is 5.83. The van der Waals surface area contributed by atoms with Gasteiger partial charge in [0.1, 0.15) is 11.6 Å². The number of hydrogen-bond donors (Lipinski definition) is 1. The third-order valence-corrected chi connectivity index (χ3v) is 4.58. The number of rotatable bonds is 9. The van der Waals surface area contributed by atoms with Crippen molar-refractivity contribution >= 4 is 28.5 Å². The maximum absolute atomic E-state index is 12.0. The largest absolute Gasteiger partial charge is 0.484 e. The van der Waals surface area contributed by atoms with Crippen molar-refractivity contribution in [2.45, 2.75) is 32.7 Å². The molecule has 0 bridgehead atoms. The zero-order chi connectivity index (χ0) is 19.1. The molecule has 1 N–H and O–H groups in total. The van der Waals surface area contributed by atoms with Gasteiger partial charge in [-0.3, -0.25) is 4.79 Å². The Labute approximate surface area is 164 Å². The number of carbonyl (C=O) groups excluding carboxylic acids is 1. The first-order chi connectivity index (χ1) is 13.2. The normalized spacial score (nSPS) is 10.9. The number of aryl methyl sites for hydroxylation is 1. The highest BCUT2D eigenvalue weighted by atomic mass is 35.5. The van der Waals surface area contributed by atoms with Crippen LogP contribution in [0.3, 0.4) is 0 Å². The van der Waals surface area contributed by atoms with Gasteiger partial charge in [0.05, 0.1) is 11.0 Å². The van der Waals surface area contributed by atoms with Crippen molar-refractivity contribution in [1.29, 1.82) is 0 Å². The van der Waals surface area contributed by atoms with Crippen molar-refractivity contribution in [3.05, 3.63) is 59.4 Å². The van der Waals surface area contributed by atoms with E-state index in [9.17, 15) is 4.79 Å². The summed E-state index contributed by atoms with van der Waals surface area (Å²) in [4.78, 5) is 16.7. The second-order valence-electron chi connectivity index (χ2n) is 6.36. The third kappa shape index (κ3) is 5.23. The van der Waals surface area contributed by atoms with Gasteiger partial charge in [-0.25, -0.2) is 4.98 Å². The fourth-order valence-electron chi connectivity index (χ4n) is 2.93. The zero-order valence-corrected chi connectivity index (χ0v) is 16.2. The fourth-order valence-corrected chi connectivity index (χ4v) is 3.05. The maximum atomic E-state index is 12.0. The molecule has 0 fully saturated rings. The molecule has 0 spiro atoms. The molecule has 0 aliphatic carbocycles. The van der Waals surface area contributed by atoms with E-state index in [1.807, 2.05) is 18.2 Å². The van der Waals surface area contributed by atoms with E-state index >= 15 is 0 Å². The third-order valence-electron chi connectivity index (χ3n) is 4.32. The first kappa shape index (κ1) is 19.2. The highest BCUT2D eigenvalue weighted by molar-refractivity contribution is 6.30. The van der Waals surface area contributed by atoms with Gasteiger partial charge in [-0.2, -0.15) is 0 Å². The molecule has 0 saturated heterocycles. The van der Waals surface area contributed by atoms with Crippen LogP contribution in [0.4, 0.5) is 0 Å². The topological polar surface area (TPSA) is 56.2 Å². The number of para-hydroxylation sites is 2. The Morgan fingerprint density at radius 3 is 2.74 bits per heavy atom. The lowest BCUT2D eigenvalue weighted by Crippen LogP contribution is -2.31. The minimum absolute atomic E-state index is 0.0200. The van der Waals surface area contributed by atoms with Crippen LogP contribution in [-0.4, -0.2) is 28.6 Å². The van der Waals surface area contributed by atoms with E-state index in [1.54, 1.807) is 24.3 Å². The van der Waals surface area contributed by atoms with Crippen LogP contribution in [0.1, 0.15) is 25.6 Å². The summed E-state index contributed by atoms with van der Waals surface area (Å²) in [6.07, 6.45) is 2.92. The number of fused-ring (bicyclic) bond motifs is 1. The average molecular weight is 386 g/mol. The predicted octanol–water partition coefficient (Wildman–Crippen LogP) is 4.23. The second kappa shape index (κ2) is 9.42. The SMILES string of the molecule is CCCCn1c(CCNC(=O)COc2ccc(Cl)cc2)nc2ccccc21. The van der Waals surface area contributed by atoms with Gasteiger partial charge in [0.25, 0.3) is 5.91 Å². The van der Waals surface area contributed by atoms with Gasteiger partial charge in [0.15, 0.2) is 6.61 Å². The van der Waals surface area contributed by atoms with Gasteiger partial charge in [-0.1, -0.05) is 37.1 Å². The van der Waals surface area contributed by atoms with Crippen molar-refractivity contribution < 1.29 is 9.53 Å². The van der Waals surface area contributed by atoms with Crippen LogP contribution in [0.15, 0.2) is 48.5 Å². The molecule has 0 saturated carbocycles. The number of unbranched alkanes of at least 4 members (excludes halogenated alkanes) is 1. The van der Waals surface area contributed by atoms with E-state index in [0.717, 1.165) is 36.2 Å². The Kier molecular flexibility index (Phi) is 6.71. The molecule has 0 aliphatic heterocycles. The number of aromatic nitrogens is 2. The van der Waals surface area contributed by atoms with E-state index in [2.05, 4.69) is 22.9 Å². The number of hydrogen-bond acceptors (Lipinski definition) is 3. The van der Waals surface area contributed by atoms with Gasteiger partial charge in [-0.15, -0.1) is 0 Å². The molecule has 0 atom stereocenters. The van der Waals surface area contributed by atoms with Gasteiger partial charge in [-0.05, 0) is 42.8 Å². The average Bonchev–Trinajstić information content (AvgIpc) is 3.03. The minimum Gasteiger partial charge on any atom is -0.484 e. The van der Waals surface area contributed by atoms with Crippen LogP contribution < -0.4 is 10.1 Å². The van der Waals surface area contributed by atoms with Crippen molar-refractivity contribution in [2.75, 3.05) is 13.2 Å². The summed E-state index contributed by atoms with van der Waals surface area (Å²) in [7, 11) is 0. The van der Waals surface area contributed by atoms with E-state index in [-0.39, 0.29) is 12.5 Å². The maximum Gasteiger partial charge on any atom is 0.257 e. The molecule has 1 heterocycles. The highest BCUT2D eigenvalue weighted by Gasteiger charge is 2.10. The van der Waals surface area contributed by atoms with E-state index < -0.39 is 0 Å². The van der Waals surface area contributed by atoms with E-state index in [4.69, 9.17) is 21.3 Å². The van der Waals surface area contributed by atoms with Crippen LogP contribution in [0.5, 0.6) is 5.75 Å². The number of imidazole rings is 1. The lowest BCUT2D eigenvalue weighted by atomic mass is 10.3. The molecule has 2 aromatic carbocycles. The lowest BCUT2D eigenvalue weighted by Gasteiger charge is -2.10. The molecule has 0 radical (unpaired) electrons. The van der Waals surface area contributed by atoms with Gasteiger partial charge in [0, 0.05) is 24.5 Å². The zero-order valence-electron chi connectivity index (χ0n) is 15.5. The molecular weight excluding hydrogens is 362 g/mol. The van der Waals surface area contributed by atoms with Crippen molar-refractivity contribution in [3.63, 3.8) is 0 Å². The quantitative estimate of drug-likeness (QED) is 0.599. The van der Waals surface area contributed by atoms with Crippen LogP contribution in [0.25, 0.3) is 11.0 Å². The molecule has 3 rings (SSSR count). The van der Waals surface area contributed by atoms with Crippen LogP contribution >= 0.6 is 11.6 Å². The van der Waals surface area contributed by atoms with Crippen molar-refractivity contribution in [3.8, 4) is 5.75 Å². The van der Waals surface area contributed by atoms with Gasteiger partial charge < -0.3 is 14.6 Å². The number of halogens is 1. The van der Waals surface area contributed by atoms with Crippen LogP contribution in [-0.2, 0) is 17.8 Å². The lowest BCUT2D eigenvalue weighted by molar-refractivity contribution is -0.123. The van der Waals surface area contributed by atoms with Crippen LogP contribution in [0, 0.1) is 0 Å². The standard InChI is InChI=1S/C21H24ClN3O2/c1-2-3-14-25-19-7-5-4-6-18(19)24-20(25)12-13-23-21(26)15-27-17-10-8-16(22)9-11-17/h4-11H,2-3,12-15H2,1H3,(H,23,26).